The molecule has 3 amide bonds. The quantitative estimate of drug-likeness (QED) is 0.275. The maximum atomic E-state index is 12.8. The van der Waals surface area contributed by atoms with E-state index >= 15 is 0 Å². The smallest absolute Gasteiger partial charge is 0.323 e. The number of rotatable bonds is 12. The normalized spacial score (nSPS) is 11.6. The van der Waals surface area contributed by atoms with Gasteiger partial charge in [0.15, 0.2) is 5.89 Å². The highest BCUT2D eigenvalue weighted by molar-refractivity contribution is 6.00. The number of urea groups is 1. The van der Waals surface area contributed by atoms with Gasteiger partial charge in [-0.15, -0.1) is 0 Å². The van der Waals surface area contributed by atoms with Crippen molar-refractivity contribution < 1.29 is 28.6 Å². The lowest BCUT2D eigenvalue weighted by molar-refractivity contribution is -0.137. The number of aryl methyl sites for hydroxylation is 1. The van der Waals surface area contributed by atoms with Crippen LogP contribution in [0.15, 0.2) is 59.2 Å². The highest BCUT2D eigenvalue weighted by Gasteiger charge is 2.20. The molecule has 37 heavy (non-hydrogen) atoms. The summed E-state index contributed by atoms with van der Waals surface area (Å²) in [6, 6.07) is 13.3. The molecular weight excluding hydrogens is 476 g/mol. The van der Waals surface area contributed by atoms with Gasteiger partial charge in [0.05, 0.1) is 31.7 Å². The number of amides is 3. The summed E-state index contributed by atoms with van der Waals surface area (Å²) in [5.74, 6) is 0.0624. The monoisotopic (exact) mass is 508 g/mol. The number of carboxylic acid groups (broad SMARTS) is 1. The first-order valence-corrected chi connectivity index (χ1v) is 12.0. The summed E-state index contributed by atoms with van der Waals surface area (Å²) in [7, 11) is 1.53. The van der Waals surface area contributed by atoms with Gasteiger partial charge >= 0.3 is 12.0 Å². The molecule has 3 rings (SSSR count). The van der Waals surface area contributed by atoms with Crippen LogP contribution in [-0.2, 0) is 22.4 Å². The third-order valence-electron chi connectivity index (χ3n) is 5.45. The number of carbonyl (C=O) groups is 3. The predicted molar refractivity (Wildman–Crippen MR) is 139 cm³/mol. The van der Waals surface area contributed by atoms with Crippen molar-refractivity contribution in [2.75, 3.05) is 17.7 Å². The molecule has 0 aliphatic heterocycles. The van der Waals surface area contributed by atoms with Crippen LogP contribution in [0.1, 0.15) is 49.9 Å². The molecule has 10 heteroatoms. The number of ether oxygens (including phenoxy) is 1. The zero-order valence-corrected chi connectivity index (χ0v) is 21.1. The molecule has 10 nitrogen and oxygen atoms in total. The molecule has 4 N–H and O–H groups in total. The standard InChI is InChI=1S/C27H32N4O6/c1-17(2)14-21(22-16-37-25(30-22)12-13-26(33)34)29-24(32)15-18-8-10-19(11-9-18)28-27(35)31-20-6-4-5-7-23(20)36-3/h4-11,16-17,21H,12-15H2,1-3H3,(H,29,32)(H,33,34)(H2,28,31,35). The number of carbonyl (C=O) groups excluding carboxylic acids is 2. The molecule has 0 bridgehead atoms. The van der Waals surface area contributed by atoms with Gasteiger partial charge in [-0.05, 0) is 42.2 Å². The van der Waals surface area contributed by atoms with Crippen molar-refractivity contribution >= 4 is 29.3 Å². The first kappa shape index (κ1) is 27.3. The third kappa shape index (κ3) is 8.68. The van der Waals surface area contributed by atoms with E-state index < -0.39 is 12.0 Å². The van der Waals surface area contributed by atoms with E-state index in [9.17, 15) is 14.4 Å². The van der Waals surface area contributed by atoms with Crippen molar-refractivity contribution in [1.29, 1.82) is 0 Å². The van der Waals surface area contributed by atoms with Crippen molar-refractivity contribution in [3.63, 3.8) is 0 Å². The highest BCUT2D eigenvalue weighted by atomic mass is 16.5. The van der Waals surface area contributed by atoms with E-state index in [-0.39, 0.29) is 37.1 Å². The molecule has 0 spiro atoms. The summed E-state index contributed by atoms with van der Waals surface area (Å²) in [5.41, 5.74) is 2.47. The van der Waals surface area contributed by atoms with Crippen molar-refractivity contribution in [2.45, 2.75) is 45.6 Å². The molecule has 0 fully saturated rings. The Kier molecular flexibility index (Phi) is 9.65. The Morgan fingerprint density at radius 3 is 2.46 bits per heavy atom. The van der Waals surface area contributed by atoms with E-state index in [0.717, 1.165) is 5.56 Å². The zero-order valence-electron chi connectivity index (χ0n) is 21.1. The van der Waals surface area contributed by atoms with Crippen LogP contribution in [0.5, 0.6) is 5.75 Å². The summed E-state index contributed by atoms with van der Waals surface area (Å²) >= 11 is 0. The lowest BCUT2D eigenvalue weighted by atomic mass is 10.0. The minimum atomic E-state index is -0.926. The Bertz CT molecular complexity index is 1210. The number of benzene rings is 2. The van der Waals surface area contributed by atoms with Gasteiger partial charge in [-0.3, -0.25) is 9.59 Å². The van der Waals surface area contributed by atoms with Gasteiger partial charge in [-0.2, -0.15) is 0 Å². The summed E-state index contributed by atoms with van der Waals surface area (Å²) < 4.78 is 10.6. The van der Waals surface area contributed by atoms with Gasteiger partial charge in [0.2, 0.25) is 5.91 Å². The zero-order chi connectivity index (χ0) is 26.8. The Morgan fingerprint density at radius 1 is 1.05 bits per heavy atom. The highest BCUT2D eigenvalue weighted by Crippen LogP contribution is 2.24. The predicted octanol–water partition coefficient (Wildman–Crippen LogP) is 4.79. The summed E-state index contributed by atoms with van der Waals surface area (Å²) in [6.07, 6.45) is 2.39. The van der Waals surface area contributed by atoms with Gasteiger partial charge in [0, 0.05) is 12.1 Å². The number of anilines is 2. The van der Waals surface area contributed by atoms with Gasteiger partial charge in [-0.1, -0.05) is 38.1 Å². The second-order valence-corrected chi connectivity index (χ2v) is 8.96. The number of carboxylic acids is 1. The fraction of sp³-hybridized carbons (Fsp3) is 0.333. The number of aromatic nitrogens is 1. The maximum Gasteiger partial charge on any atom is 0.323 e. The maximum absolute atomic E-state index is 12.8. The largest absolute Gasteiger partial charge is 0.495 e. The van der Waals surface area contributed by atoms with E-state index in [1.807, 2.05) is 19.9 Å². The van der Waals surface area contributed by atoms with E-state index in [1.54, 1.807) is 42.5 Å². The number of nitrogens with one attached hydrogen (secondary N) is 3. The van der Waals surface area contributed by atoms with Crippen LogP contribution in [-0.4, -0.2) is 35.1 Å². The number of para-hydroxylation sites is 2. The molecule has 1 heterocycles. The van der Waals surface area contributed by atoms with Crippen molar-refractivity contribution in [1.82, 2.24) is 10.3 Å². The minimum absolute atomic E-state index is 0.0753. The number of oxazole rings is 1. The van der Waals surface area contributed by atoms with Gasteiger partial charge in [-0.25, -0.2) is 9.78 Å². The molecule has 0 saturated carbocycles. The molecule has 2 aromatic carbocycles. The van der Waals surface area contributed by atoms with Crippen LogP contribution in [0.4, 0.5) is 16.2 Å². The average Bonchev–Trinajstić information content (AvgIpc) is 3.33. The molecule has 1 aromatic heterocycles. The third-order valence-corrected chi connectivity index (χ3v) is 5.45. The van der Waals surface area contributed by atoms with Crippen LogP contribution < -0.4 is 20.7 Å². The summed E-state index contributed by atoms with van der Waals surface area (Å²) in [4.78, 5) is 40.3. The number of hydrogen-bond acceptors (Lipinski definition) is 6. The molecule has 196 valence electrons. The second kappa shape index (κ2) is 13.1. The Balaban J connectivity index is 1.56. The molecular formula is C27H32N4O6. The van der Waals surface area contributed by atoms with Crippen molar-refractivity contribution in [3.05, 3.63) is 71.9 Å². The van der Waals surface area contributed by atoms with Crippen molar-refractivity contribution in [3.8, 4) is 5.75 Å². The topological polar surface area (TPSA) is 143 Å². The average molecular weight is 509 g/mol. The van der Waals surface area contributed by atoms with Gasteiger partial charge < -0.3 is 30.2 Å². The lowest BCUT2D eigenvalue weighted by Crippen LogP contribution is -2.31. The molecule has 1 unspecified atom stereocenters. The summed E-state index contributed by atoms with van der Waals surface area (Å²) in [6.45, 7) is 4.08. The molecule has 0 aliphatic rings. The number of aliphatic carboxylic acids is 1. The van der Waals surface area contributed by atoms with E-state index in [0.29, 0.717) is 35.1 Å². The number of hydrogen-bond donors (Lipinski definition) is 4. The van der Waals surface area contributed by atoms with Gasteiger partial charge in [0.1, 0.15) is 17.7 Å². The number of methoxy groups -OCH3 is 1. The van der Waals surface area contributed by atoms with Crippen LogP contribution >= 0.6 is 0 Å². The van der Waals surface area contributed by atoms with Crippen LogP contribution in [0.25, 0.3) is 0 Å². The summed E-state index contributed by atoms with van der Waals surface area (Å²) in [5, 5.41) is 17.4. The molecule has 0 aliphatic carbocycles. The first-order chi connectivity index (χ1) is 17.7. The number of nitrogens with zero attached hydrogens (tertiary/aromatic N) is 1. The van der Waals surface area contributed by atoms with E-state index in [4.69, 9.17) is 14.3 Å². The van der Waals surface area contributed by atoms with Gasteiger partial charge in [0.25, 0.3) is 0 Å². The Hall–Kier alpha value is -4.34. The molecule has 0 saturated heterocycles. The fourth-order valence-corrected chi connectivity index (χ4v) is 3.71. The minimum Gasteiger partial charge on any atom is -0.495 e. The van der Waals surface area contributed by atoms with Crippen LogP contribution in [0.2, 0.25) is 0 Å². The van der Waals surface area contributed by atoms with Crippen LogP contribution in [0.3, 0.4) is 0 Å². The Labute approximate surface area is 215 Å². The first-order valence-electron chi connectivity index (χ1n) is 12.0. The molecule has 1 atom stereocenters. The SMILES string of the molecule is COc1ccccc1NC(=O)Nc1ccc(CC(=O)NC(CC(C)C)c2coc(CCC(=O)O)n2)cc1. The Morgan fingerprint density at radius 2 is 1.78 bits per heavy atom. The van der Waals surface area contributed by atoms with E-state index in [1.165, 1.54) is 13.4 Å². The lowest BCUT2D eigenvalue weighted by Gasteiger charge is -2.18. The fourth-order valence-electron chi connectivity index (χ4n) is 3.71. The van der Waals surface area contributed by atoms with Crippen LogP contribution in [0, 0.1) is 5.92 Å². The second-order valence-electron chi connectivity index (χ2n) is 8.96. The van der Waals surface area contributed by atoms with E-state index in [2.05, 4.69) is 20.9 Å². The molecule has 0 radical (unpaired) electrons. The molecule has 3 aromatic rings. The van der Waals surface area contributed by atoms with Crippen molar-refractivity contribution in [2.24, 2.45) is 5.92 Å².